The summed E-state index contributed by atoms with van der Waals surface area (Å²) in [5.41, 5.74) is 0. The number of likely N-dealkylation sites (tertiary alicyclic amines) is 1. The summed E-state index contributed by atoms with van der Waals surface area (Å²) in [5, 5.41) is 8.68. The highest BCUT2D eigenvalue weighted by atomic mass is 16.4. The predicted molar refractivity (Wildman–Crippen MR) is 46.3 cm³/mol. The largest absolute Gasteiger partial charge is 0.465 e. The molecular formula is C8H16N2O2. The van der Waals surface area contributed by atoms with E-state index in [9.17, 15) is 4.79 Å². The van der Waals surface area contributed by atoms with Gasteiger partial charge in [-0.15, -0.1) is 0 Å². The molecule has 1 N–H and O–H groups in total. The van der Waals surface area contributed by atoms with Gasteiger partial charge in [-0.05, 0) is 26.9 Å². The van der Waals surface area contributed by atoms with Gasteiger partial charge in [0.2, 0.25) is 0 Å². The van der Waals surface area contributed by atoms with Crippen LogP contribution in [-0.2, 0) is 0 Å². The van der Waals surface area contributed by atoms with E-state index in [-0.39, 0.29) is 0 Å². The average molecular weight is 172 g/mol. The summed E-state index contributed by atoms with van der Waals surface area (Å²) in [4.78, 5) is 14.2. The Morgan fingerprint density at radius 2 is 1.92 bits per heavy atom. The van der Waals surface area contributed by atoms with Gasteiger partial charge in [-0.2, -0.15) is 0 Å². The van der Waals surface area contributed by atoms with Crippen LogP contribution in [0.15, 0.2) is 0 Å². The zero-order valence-electron chi connectivity index (χ0n) is 7.66. The summed E-state index contributed by atoms with van der Waals surface area (Å²) in [6.07, 6.45) is 1.13. The van der Waals surface area contributed by atoms with Crippen molar-refractivity contribution in [1.82, 2.24) is 9.80 Å². The average Bonchev–Trinajstić information content (AvgIpc) is 2.04. The van der Waals surface area contributed by atoms with Gasteiger partial charge in [0.15, 0.2) is 0 Å². The summed E-state index contributed by atoms with van der Waals surface area (Å²) in [6, 6.07) is 0.556. The SMILES string of the molecule is CN(C)C1CCN(C(=O)O)CC1. The standard InChI is InChI=1S/C8H16N2O2/c1-9(2)7-3-5-10(6-4-7)8(11)12/h7H,3-6H2,1-2H3,(H,11,12). The Morgan fingerprint density at radius 3 is 2.25 bits per heavy atom. The van der Waals surface area contributed by atoms with Crippen LogP contribution in [0.25, 0.3) is 0 Å². The molecule has 0 aliphatic carbocycles. The van der Waals surface area contributed by atoms with E-state index in [0.29, 0.717) is 19.1 Å². The van der Waals surface area contributed by atoms with Crippen molar-refractivity contribution >= 4 is 6.09 Å². The Hall–Kier alpha value is -0.770. The van der Waals surface area contributed by atoms with Crippen LogP contribution in [0.4, 0.5) is 4.79 Å². The van der Waals surface area contributed by atoms with E-state index < -0.39 is 6.09 Å². The Morgan fingerprint density at radius 1 is 1.42 bits per heavy atom. The van der Waals surface area contributed by atoms with E-state index >= 15 is 0 Å². The molecule has 1 heterocycles. The molecule has 70 valence electrons. The van der Waals surface area contributed by atoms with Gasteiger partial charge in [0.1, 0.15) is 0 Å². The number of hydrogen-bond donors (Lipinski definition) is 1. The lowest BCUT2D eigenvalue weighted by atomic mass is 10.0. The lowest BCUT2D eigenvalue weighted by Gasteiger charge is -2.33. The van der Waals surface area contributed by atoms with Crippen LogP contribution in [0.5, 0.6) is 0 Å². The number of nitrogens with zero attached hydrogens (tertiary/aromatic N) is 2. The van der Waals surface area contributed by atoms with E-state index in [0.717, 1.165) is 12.8 Å². The molecule has 1 saturated heterocycles. The minimum atomic E-state index is -0.785. The highest BCUT2D eigenvalue weighted by molar-refractivity contribution is 5.65. The molecule has 0 unspecified atom stereocenters. The summed E-state index contributed by atoms with van der Waals surface area (Å²) < 4.78 is 0. The molecule has 1 fully saturated rings. The maximum atomic E-state index is 10.5. The first-order valence-electron chi connectivity index (χ1n) is 4.25. The van der Waals surface area contributed by atoms with Crippen LogP contribution >= 0.6 is 0 Å². The Balaban J connectivity index is 2.34. The fourth-order valence-electron chi connectivity index (χ4n) is 1.57. The molecule has 12 heavy (non-hydrogen) atoms. The first kappa shape index (κ1) is 9.32. The topological polar surface area (TPSA) is 43.8 Å². The maximum absolute atomic E-state index is 10.5. The number of rotatable bonds is 1. The highest BCUT2D eigenvalue weighted by Crippen LogP contribution is 2.13. The van der Waals surface area contributed by atoms with Crippen molar-refractivity contribution in [3.8, 4) is 0 Å². The molecule has 1 rings (SSSR count). The lowest BCUT2D eigenvalue weighted by Crippen LogP contribution is -2.43. The lowest BCUT2D eigenvalue weighted by molar-refractivity contribution is 0.113. The second kappa shape index (κ2) is 3.76. The van der Waals surface area contributed by atoms with Crippen LogP contribution in [0, 0.1) is 0 Å². The Labute approximate surface area is 72.8 Å². The number of carboxylic acid groups (broad SMARTS) is 1. The Kier molecular flexibility index (Phi) is 2.92. The molecular weight excluding hydrogens is 156 g/mol. The van der Waals surface area contributed by atoms with Crippen LogP contribution in [0.1, 0.15) is 12.8 Å². The molecule has 4 nitrogen and oxygen atoms in total. The molecule has 0 bridgehead atoms. The van der Waals surface area contributed by atoms with E-state index in [1.54, 1.807) is 0 Å². The smallest absolute Gasteiger partial charge is 0.407 e. The summed E-state index contributed by atoms with van der Waals surface area (Å²) in [5.74, 6) is 0. The van der Waals surface area contributed by atoms with Gasteiger partial charge in [-0.3, -0.25) is 0 Å². The van der Waals surface area contributed by atoms with Gasteiger partial charge in [-0.1, -0.05) is 0 Å². The van der Waals surface area contributed by atoms with E-state index in [1.807, 2.05) is 14.1 Å². The van der Waals surface area contributed by atoms with Gasteiger partial charge >= 0.3 is 6.09 Å². The fraction of sp³-hybridized carbons (Fsp3) is 0.875. The number of piperidine rings is 1. The first-order valence-corrected chi connectivity index (χ1v) is 4.25. The molecule has 0 aromatic rings. The second-order valence-corrected chi connectivity index (χ2v) is 3.46. The molecule has 1 amide bonds. The Bertz CT molecular complexity index is 162. The number of carbonyl (C=O) groups is 1. The minimum Gasteiger partial charge on any atom is -0.465 e. The summed E-state index contributed by atoms with van der Waals surface area (Å²) in [6.45, 7) is 1.36. The van der Waals surface area contributed by atoms with Crippen molar-refractivity contribution in [2.24, 2.45) is 0 Å². The van der Waals surface area contributed by atoms with Gasteiger partial charge in [0.25, 0.3) is 0 Å². The molecule has 0 aromatic heterocycles. The fourth-order valence-corrected chi connectivity index (χ4v) is 1.57. The molecule has 0 radical (unpaired) electrons. The van der Waals surface area contributed by atoms with Crippen molar-refractivity contribution < 1.29 is 9.90 Å². The molecule has 4 heteroatoms. The zero-order valence-corrected chi connectivity index (χ0v) is 7.66. The van der Waals surface area contributed by atoms with Gasteiger partial charge in [-0.25, -0.2) is 4.79 Å². The maximum Gasteiger partial charge on any atom is 0.407 e. The van der Waals surface area contributed by atoms with Crippen molar-refractivity contribution in [2.45, 2.75) is 18.9 Å². The minimum absolute atomic E-state index is 0.556. The second-order valence-electron chi connectivity index (χ2n) is 3.46. The zero-order chi connectivity index (χ0) is 9.14. The third kappa shape index (κ3) is 2.11. The van der Waals surface area contributed by atoms with Gasteiger partial charge in [0.05, 0.1) is 0 Å². The normalized spacial score (nSPS) is 20.1. The van der Waals surface area contributed by atoms with Crippen molar-refractivity contribution in [3.05, 3.63) is 0 Å². The van der Waals surface area contributed by atoms with Crippen LogP contribution in [0.3, 0.4) is 0 Å². The number of amides is 1. The molecule has 0 saturated carbocycles. The van der Waals surface area contributed by atoms with Crippen LogP contribution < -0.4 is 0 Å². The van der Waals surface area contributed by atoms with Crippen molar-refractivity contribution in [1.29, 1.82) is 0 Å². The van der Waals surface area contributed by atoms with E-state index in [2.05, 4.69) is 4.90 Å². The summed E-state index contributed by atoms with van der Waals surface area (Å²) in [7, 11) is 4.09. The van der Waals surface area contributed by atoms with Gasteiger partial charge in [0, 0.05) is 19.1 Å². The predicted octanol–water partition coefficient (Wildman–Crippen LogP) is 0.690. The molecule has 0 aromatic carbocycles. The van der Waals surface area contributed by atoms with E-state index in [4.69, 9.17) is 5.11 Å². The molecule has 0 spiro atoms. The quantitative estimate of drug-likeness (QED) is 0.633. The van der Waals surface area contributed by atoms with Gasteiger partial charge < -0.3 is 14.9 Å². The van der Waals surface area contributed by atoms with Crippen LogP contribution in [0.2, 0.25) is 0 Å². The molecule has 1 aliphatic rings. The third-order valence-corrected chi connectivity index (χ3v) is 2.47. The van der Waals surface area contributed by atoms with Crippen LogP contribution in [-0.4, -0.2) is 54.2 Å². The number of hydrogen-bond acceptors (Lipinski definition) is 2. The monoisotopic (exact) mass is 172 g/mol. The van der Waals surface area contributed by atoms with Crippen molar-refractivity contribution in [3.63, 3.8) is 0 Å². The first-order chi connectivity index (χ1) is 5.61. The van der Waals surface area contributed by atoms with E-state index in [1.165, 1.54) is 4.90 Å². The molecule has 1 aliphatic heterocycles. The van der Waals surface area contributed by atoms with Crippen molar-refractivity contribution in [2.75, 3.05) is 27.2 Å². The highest BCUT2D eigenvalue weighted by Gasteiger charge is 2.22. The third-order valence-electron chi connectivity index (χ3n) is 2.47. The summed E-state index contributed by atoms with van der Waals surface area (Å²) >= 11 is 0. The molecule has 0 atom stereocenters.